The number of aryl methyl sites for hydroxylation is 1. The lowest BCUT2D eigenvalue weighted by atomic mass is 10.1. The minimum absolute atomic E-state index is 0.0289. The van der Waals surface area contributed by atoms with Crippen LogP contribution in [-0.2, 0) is 11.2 Å². The van der Waals surface area contributed by atoms with Gasteiger partial charge >= 0.3 is 0 Å². The molecule has 3 rings (SSSR count). The van der Waals surface area contributed by atoms with Crippen LogP contribution in [0.3, 0.4) is 0 Å². The summed E-state index contributed by atoms with van der Waals surface area (Å²) in [6, 6.07) is 11.8. The highest BCUT2D eigenvalue weighted by Gasteiger charge is 2.17. The molecule has 3 aromatic rings. The molecule has 0 aliphatic carbocycles. The van der Waals surface area contributed by atoms with Crippen molar-refractivity contribution in [3.05, 3.63) is 60.2 Å². The summed E-state index contributed by atoms with van der Waals surface area (Å²) in [6.07, 6.45) is 4.55. The number of rotatable bonds is 5. The molecule has 0 saturated carbocycles. The second-order valence-corrected chi connectivity index (χ2v) is 5.66. The number of carbonyl (C=O) groups is 1. The fourth-order valence-electron chi connectivity index (χ4n) is 2.61. The standard InChI is InChI=1S/C18H20N4O/c1-13(14-9-11-19-12-10-14)22(2)18(23)8-7-17-20-15-5-3-4-6-16(15)21-17/h3-6,9-13H,7-8H2,1-2H3,(H,20,21). The number of nitrogens with zero attached hydrogens (tertiary/aromatic N) is 3. The van der Waals surface area contributed by atoms with Crippen molar-refractivity contribution in [2.45, 2.75) is 25.8 Å². The van der Waals surface area contributed by atoms with Crippen molar-refractivity contribution in [2.75, 3.05) is 7.05 Å². The first-order chi connectivity index (χ1) is 11.1. The topological polar surface area (TPSA) is 61.9 Å². The van der Waals surface area contributed by atoms with Gasteiger partial charge in [-0.3, -0.25) is 9.78 Å². The van der Waals surface area contributed by atoms with Crippen LogP contribution in [0.4, 0.5) is 0 Å². The van der Waals surface area contributed by atoms with Crippen LogP contribution in [0, 0.1) is 0 Å². The summed E-state index contributed by atoms with van der Waals surface area (Å²) < 4.78 is 0. The Morgan fingerprint density at radius 2 is 1.96 bits per heavy atom. The maximum atomic E-state index is 12.4. The predicted molar refractivity (Wildman–Crippen MR) is 89.8 cm³/mol. The van der Waals surface area contributed by atoms with E-state index in [0.29, 0.717) is 12.8 Å². The fraction of sp³-hybridized carbons (Fsp3) is 0.278. The monoisotopic (exact) mass is 308 g/mol. The van der Waals surface area contributed by atoms with Gasteiger partial charge in [-0.15, -0.1) is 0 Å². The summed E-state index contributed by atoms with van der Waals surface area (Å²) in [5.41, 5.74) is 3.03. The van der Waals surface area contributed by atoms with Crippen LogP contribution in [0.15, 0.2) is 48.8 Å². The highest BCUT2D eigenvalue weighted by molar-refractivity contribution is 5.77. The van der Waals surface area contributed by atoms with Crippen molar-refractivity contribution in [1.82, 2.24) is 19.9 Å². The number of H-pyrrole nitrogens is 1. The minimum atomic E-state index is 0.0289. The number of benzene rings is 1. The Bertz CT molecular complexity index is 764. The van der Waals surface area contributed by atoms with Crippen molar-refractivity contribution in [3.63, 3.8) is 0 Å². The average Bonchev–Trinajstić information content (AvgIpc) is 3.02. The van der Waals surface area contributed by atoms with E-state index in [-0.39, 0.29) is 11.9 Å². The van der Waals surface area contributed by atoms with Gasteiger partial charge in [0.2, 0.25) is 5.91 Å². The molecule has 1 amide bonds. The molecule has 1 atom stereocenters. The fourth-order valence-corrected chi connectivity index (χ4v) is 2.61. The lowest BCUT2D eigenvalue weighted by molar-refractivity contribution is -0.131. The molecule has 5 heteroatoms. The second-order valence-electron chi connectivity index (χ2n) is 5.66. The molecule has 0 fully saturated rings. The number of aromatic nitrogens is 3. The highest BCUT2D eigenvalue weighted by atomic mass is 16.2. The largest absolute Gasteiger partial charge is 0.342 e. The molecule has 0 aliphatic heterocycles. The predicted octanol–water partition coefficient (Wildman–Crippen LogP) is 3.11. The lowest BCUT2D eigenvalue weighted by Gasteiger charge is -2.25. The van der Waals surface area contributed by atoms with Crippen LogP contribution in [-0.4, -0.2) is 32.8 Å². The minimum Gasteiger partial charge on any atom is -0.342 e. The van der Waals surface area contributed by atoms with Gasteiger partial charge in [-0.2, -0.15) is 0 Å². The Labute approximate surface area is 135 Å². The zero-order chi connectivity index (χ0) is 16.2. The number of imidazole rings is 1. The maximum absolute atomic E-state index is 12.4. The number of para-hydroxylation sites is 2. The molecule has 5 nitrogen and oxygen atoms in total. The molecule has 2 aromatic heterocycles. The molecule has 0 bridgehead atoms. The Hall–Kier alpha value is -2.69. The number of pyridine rings is 1. The molecule has 1 N–H and O–H groups in total. The van der Waals surface area contributed by atoms with Crippen molar-refractivity contribution < 1.29 is 4.79 Å². The van der Waals surface area contributed by atoms with Gasteiger partial charge in [0, 0.05) is 32.3 Å². The maximum Gasteiger partial charge on any atom is 0.223 e. The van der Waals surface area contributed by atoms with E-state index >= 15 is 0 Å². The zero-order valence-corrected chi connectivity index (χ0v) is 13.4. The van der Waals surface area contributed by atoms with Gasteiger partial charge in [-0.1, -0.05) is 12.1 Å². The Morgan fingerprint density at radius 1 is 1.22 bits per heavy atom. The van der Waals surface area contributed by atoms with Crippen molar-refractivity contribution in [1.29, 1.82) is 0 Å². The number of nitrogens with one attached hydrogen (secondary N) is 1. The van der Waals surface area contributed by atoms with Gasteiger partial charge in [0.1, 0.15) is 5.82 Å². The van der Waals surface area contributed by atoms with Gasteiger partial charge in [-0.25, -0.2) is 4.98 Å². The molecule has 1 unspecified atom stereocenters. The summed E-state index contributed by atoms with van der Waals surface area (Å²) in [5.74, 6) is 0.958. The Kier molecular flexibility index (Phi) is 4.37. The van der Waals surface area contributed by atoms with Gasteiger partial charge in [0.25, 0.3) is 0 Å². The smallest absolute Gasteiger partial charge is 0.223 e. The molecule has 0 saturated heterocycles. The summed E-state index contributed by atoms with van der Waals surface area (Å²) in [5, 5.41) is 0. The molecule has 0 spiro atoms. The van der Waals surface area contributed by atoms with Gasteiger partial charge < -0.3 is 9.88 Å². The Morgan fingerprint density at radius 3 is 2.70 bits per heavy atom. The number of amides is 1. The first-order valence-electron chi connectivity index (χ1n) is 7.74. The second kappa shape index (κ2) is 6.60. The lowest BCUT2D eigenvalue weighted by Crippen LogP contribution is -2.29. The number of hydrogen-bond donors (Lipinski definition) is 1. The SMILES string of the molecule is CC(c1ccncc1)N(C)C(=O)CCc1nc2ccccc2[nH]1. The summed E-state index contributed by atoms with van der Waals surface area (Å²) in [6.45, 7) is 2.02. The third kappa shape index (κ3) is 3.39. The summed E-state index contributed by atoms with van der Waals surface area (Å²) in [4.78, 5) is 26.0. The van der Waals surface area contributed by atoms with Crippen LogP contribution >= 0.6 is 0 Å². The van der Waals surface area contributed by atoms with Crippen LogP contribution in [0.2, 0.25) is 0 Å². The van der Waals surface area contributed by atoms with E-state index in [0.717, 1.165) is 22.4 Å². The third-order valence-electron chi connectivity index (χ3n) is 4.18. The van der Waals surface area contributed by atoms with Crippen LogP contribution in [0.25, 0.3) is 11.0 Å². The highest BCUT2D eigenvalue weighted by Crippen LogP contribution is 2.19. The van der Waals surface area contributed by atoms with Gasteiger partial charge in [0.15, 0.2) is 0 Å². The molecule has 0 radical (unpaired) electrons. The van der Waals surface area contributed by atoms with E-state index in [1.165, 1.54) is 0 Å². The number of fused-ring (bicyclic) bond motifs is 1. The number of aromatic amines is 1. The average molecular weight is 308 g/mol. The molecule has 118 valence electrons. The van der Waals surface area contributed by atoms with Crippen molar-refractivity contribution >= 4 is 16.9 Å². The van der Waals surface area contributed by atoms with Crippen molar-refractivity contribution in [2.24, 2.45) is 0 Å². The van der Waals surface area contributed by atoms with Crippen LogP contribution in [0.1, 0.15) is 30.8 Å². The molecule has 0 aliphatic rings. The molecule has 2 heterocycles. The molecule has 1 aromatic carbocycles. The van der Waals surface area contributed by atoms with Crippen LogP contribution in [0.5, 0.6) is 0 Å². The van der Waals surface area contributed by atoms with E-state index in [1.807, 2.05) is 50.4 Å². The quantitative estimate of drug-likeness (QED) is 0.788. The Balaban J connectivity index is 1.62. The van der Waals surface area contributed by atoms with E-state index < -0.39 is 0 Å². The van der Waals surface area contributed by atoms with Crippen LogP contribution < -0.4 is 0 Å². The normalized spacial score (nSPS) is 12.3. The van der Waals surface area contributed by atoms with Gasteiger partial charge in [-0.05, 0) is 36.8 Å². The zero-order valence-electron chi connectivity index (χ0n) is 13.4. The molecule has 23 heavy (non-hydrogen) atoms. The first-order valence-corrected chi connectivity index (χ1v) is 7.74. The van der Waals surface area contributed by atoms with E-state index in [9.17, 15) is 4.79 Å². The third-order valence-corrected chi connectivity index (χ3v) is 4.18. The molecular weight excluding hydrogens is 288 g/mol. The molecular formula is C18H20N4O. The summed E-state index contributed by atoms with van der Waals surface area (Å²) in [7, 11) is 1.84. The number of hydrogen-bond acceptors (Lipinski definition) is 3. The van der Waals surface area contributed by atoms with E-state index in [2.05, 4.69) is 15.0 Å². The summed E-state index contributed by atoms with van der Waals surface area (Å²) >= 11 is 0. The first kappa shape index (κ1) is 15.2. The van der Waals surface area contributed by atoms with Crippen molar-refractivity contribution in [3.8, 4) is 0 Å². The van der Waals surface area contributed by atoms with E-state index in [4.69, 9.17) is 0 Å². The van der Waals surface area contributed by atoms with Gasteiger partial charge in [0.05, 0.1) is 17.1 Å². The van der Waals surface area contributed by atoms with E-state index in [1.54, 1.807) is 17.3 Å². The number of carbonyl (C=O) groups excluding carboxylic acids is 1.